The number of carbonyl (C=O) groups excluding carboxylic acids is 2. The maximum Gasteiger partial charge on any atom is 0.325 e. The van der Waals surface area contributed by atoms with Crippen LogP contribution in [0.2, 0.25) is 0 Å². The van der Waals surface area contributed by atoms with Crippen molar-refractivity contribution in [3.63, 3.8) is 0 Å². The second kappa shape index (κ2) is 9.20. The Labute approximate surface area is 163 Å². The van der Waals surface area contributed by atoms with Gasteiger partial charge in [-0.05, 0) is 44.0 Å². The number of aromatic nitrogens is 2. The first kappa shape index (κ1) is 19.7. The molecule has 150 valence electrons. The van der Waals surface area contributed by atoms with E-state index in [1.54, 1.807) is 18.9 Å². The Bertz CT molecular complexity index is 797. The van der Waals surface area contributed by atoms with Gasteiger partial charge < -0.3 is 24.2 Å². The fourth-order valence-corrected chi connectivity index (χ4v) is 3.06. The number of carbonyl (C=O) groups is 2. The highest BCUT2D eigenvalue weighted by Crippen LogP contribution is 2.29. The summed E-state index contributed by atoms with van der Waals surface area (Å²) in [6.07, 6.45) is 1.44. The van der Waals surface area contributed by atoms with E-state index in [1.165, 1.54) is 0 Å². The number of piperidine rings is 1. The van der Waals surface area contributed by atoms with Crippen LogP contribution in [0.5, 0.6) is 5.75 Å². The smallest absolute Gasteiger partial charge is 0.325 e. The Balaban J connectivity index is 1.51. The van der Waals surface area contributed by atoms with Crippen molar-refractivity contribution in [1.82, 2.24) is 20.4 Å². The van der Waals surface area contributed by atoms with E-state index in [-0.39, 0.29) is 18.5 Å². The van der Waals surface area contributed by atoms with Crippen molar-refractivity contribution in [3.8, 4) is 17.1 Å². The number of urea groups is 1. The predicted octanol–water partition coefficient (Wildman–Crippen LogP) is 2.20. The molecular weight excluding hydrogens is 364 g/mol. The summed E-state index contributed by atoms with van der Waals surface area (Å²) < 4.78 is 15.4. The molecule has 0 spiro atoms. The van der Waals surface area contributed by atoms with Gasteiger partial charge in [0.2, 0.25) is 11.7 Å². The predicted molar refractivity (Wildman–Crippen MR) is 99.9 cm³/mol. The van der Waals surface area contributed by atoms with E-state index in [0.29, 0.717) is 31.4 Å². The average molecular weight is 388 g/mol. The molecule has 0 bridgehead atoms. The van der Waals surface area contributed by atoms with Crippen LogP contribution in [0.3, 0.4) is 0 Å². The number of hydrogen-bond donors (Lipinski definition) is 1. The summed E-state index contributed by atoms with van der Waals surface area (Å²) in [5.41, 5.74) is 0.853. The van der Waals surface area contributed by atoms with Crippen molar-refractivity contribution in [2.75, 3.05) is 33.4 Å². The zero-order valence-electron chi connectivity index (χ0n) is 16.0. The zero-order chi connectivity index (χ0) is 19.9. The van der Waals surface area contributed by atoms with Gasteiger partial charge in [0.1, 0.15) is 12.3 Å². The van der Waals surface area contributed by atoms with E-state index < -0.39 is 5.97 Å². The van der Waals surface area contributed by atoms with Crippen LogP contribution in [-0.2, 0) is 9.53 Å². The van der Waals surface area contributed by atoms with E-state index in [1.807, 2.05) is 24.3 Å². The van der Waals surface area contributed by atoms with Gasteiger partial charge in [-0.15, -0.1) is 0 Å². The van der Waals surface area contributed by atoms with E-state index in [9.17, 15) is 9.59 Å². The van der Waals surface area contributed by atoms with Crippen LogP contribution in [0.4, 0.5) is 4.79 Å². The third-order valence-corrected chi connectivity index (χ3v) is 4.61. The molecule has 0 radical (unpaired) electrons. The molecule has 1 N–H and O–H groups in total. The highest BCUT2D eigenvalue weighted by atomic mass is 16.5. The van der Waals surface area contributed by atoms with Crippen LogP contribution in [0.15, 0.2) is 28.8 Å². The van der Waals surface area contributed by atoms with E-state index in [4.69, 9.17) is 14.0 Å². The summed E-state index contributed by atoms with van der Waals surface area (Å²) in [5, 5.41) is 6.64. The molecule has 9 nitrogen and oxygen atoms in total. The third-order valence-electron chi connectivity index (χ3n) is 4.61. The first-order valence-corrected chi connectivity index (χ1v) is 9.27. The van der Waals surface area contributed by atoms with Crippen LogP contribution < -0.4 is 10.1 Å². The van der Waals surface area contributed by atoms with Gasteiger partial charge in [-0.2, -0.15) is 4.98 Å². The highest BCUT2D eigenvalue weighted by Gasteiger charge is 2.27. The monoisotopic (exact) mass is 388 g/mol. The van der Waals surface area contributed by atoms with Gasteiger partial charge in [0.25, 0.3) is 0 Å². The molecule has 1 fully saturated rings. The Morgan fingerprint density at radius 1 is 1.25 bits per heavy atom. The van der Waals surface area contributed by atoms with Gasteiger partial charge in [-0.3, -0.25) is 4.79 Å². The summed E-state index contributed by atoms with van der Waals surface area (Å²) in [5.74, 6) is 1.54. The van der Waals surface area contributed by atoms with Gasteiger partial charge in [-0.1, -0.05) is 5.16 Å². The molecule has 1 aromatic carbocycles. The molecule has 9 heteroatoms. The molecule has 2 aromatic rings. The number of amides is 2. The van der Waals surface area contributed by atoms with E-state index in [0.717, 1.165) is 24.2 Å². The molecule has 3 rings (SSSR count). The molecule has 1 aromatic heterocycles. The lowest BCUT2D eigenvalue weighted by atomic mass is 9.97. The van der Waals surface area contributed by atoms with Crippen molar-refractivity contribution in [3.05, 3.63) is 30.2 Å². The lowest BCUT2D eigenvalue weighted by Crippen LogP contribution is -2.45. The number of nitrogens with one attached hydrogen (secondary N) is 1. The lowest BCUT2D eigenvalue weighted by molar-refractivity contribution is -0.141. The van der Waals surface area contributed by atoms with Crippen molar-refractivity contribution in [2.24, 2.45) is 0 Å². The summed E-state index contributed by atoms with van der Waals surface area (Å²) in [4.78, 5) is 29.7. The van der Waals surface area contributed by atoms with E-state index in [2.05, 4.69) is 15.5 Å². The number of esters is 1. The number of likely N-dealkylation sites (tertiary alicyclic amines) is 1. The lowest BCUT2D eigenvalue weighted by Gasteiger charge is -2.30. The molecule has 0 aliphatic carbocycles. The minimum atomic E-state index is -0.442. The third kappa shape index (κ3) is 4.79. The number of methoxy groups -OCH3 is 1. The number of nitrogens with zero attached hydrogens (tertiary/aromatic N) is 3. The fraction of sp³-hybridized carbons (Fsp3) is 0.474. The SMILES string of the molecule is CCOC(=O)CNC(=O)N1CCC(c2nc(-c3ccc(OC)cc3)no2)CC1. The zero-order valence-corrected chi connectivity index (χ0v) is 16.0. The second-order valence-corrected chi connectivity index (χ2v) is 6.41. The Morgan fingerprint density at radius 3 is 2.61 bits per heavy atom. The number of ether oxygens (including phenoxy) is 2. The Kier molecular flexibility index (Phi) is 6.46. The first-order valence-electron chi connectivity index (χ1n) is 9.27. The molecule has 28 heavy (non-hydrogen) atoms. The van der Waals surface area contributed by atoms with Gasteiger partial charge in [0, 0.05) is 24.6 Å². The second-order valence-electron chi connectivity index (χ2n) is 6.41. The van der Waals surface area contributed by atoms with Crippen molar-refractivity contribution >= 4 is 12.0 Å². The molecule has 1 aliphatic heterocycles. The summed E-state index contributed by atoms with van der Waals surface area (Å²) >= 11 is 0. The molecule has 0 unspecified atom stereocenters. The first-order chi connectivity index (χ1) is 13.6. The van der Waals surface area contributed by atoms with Gasteiger partial charge in [0.05, 0.1) is 13.7 Å². The quantitative estimate of drug-likeness (QED) is 0.756. The van der Waals surface area contributed by atoms with Gasteiger partial charge >= 0.3 is 12.0 Å². The van der Waals surface area contributed by atoms with Crippen LogP contribution in [0, 0.1) is 0 Å². The topological polar surface area (TPSA) is 107 Å². The molecule has 0 atom stereocenters. The number of rotatable bonds is 6. The summed E-state index contributed by atoms with van der Waals surface area (Å²) in [6, 6.07) is 7.18. The van der Waals surface area contributed by atoms with Crippen molar-refractivity contribution < 1.29 is 23.6 Å². The average Bonchev–Trinajstić information content (AvgIpc) is 3.22. The normalized spacial score (nSPS) is 14.6. The maximum absolute atomic E-state index is 12.1. The standard InChI is InChI=1S/C19H24N4O5/c1-3-27-16(24)12-20-19(25)23-10-8-14(9-11-23)18-21-17(22-28-18)13-4-6-15(26-2)7-5-13/h4-7,14H,3,8-12H2,1-2H3,(H,20,25). The number of hydrogen-bond acceptors (Lipinski definition) is 7. The number of benzene rings is 1. The largest absolute Gasteiger partial charge is 0.497 e. The van der Waals surface area contributed by atoms with Crippen LogP contribution in [0.25, 0.3) is 11.4 Å². The molecule has 2 amide bonds. The molecule has 1 saturated heterocycles. The van der Waals surface area contributed by atoms with Crippen LogP contribution in [0.1, 0.15) is 31.6 Å². The minimum Gasteiger partial charge on any atom is -0.497 e. The maximum atomic E-state index is 12.1. The highest BCUT2D eigenvalue weighted by molar-refractivity contribution is 5.80. The summed E-state index contributed by atoms with van der Waals surface area (Å²) in [7, 11) is 1.62. The van der Waals surface area contributed by atoms with Crippen LogP contribution >= 0.6 is 0 Å². The molecular formula is C19H24N4O5. The Hall–Kier alpha value is -3.10. The summed E-state index contributed by atoms with van der Waals surface area (Å²) in [6.45, 7) is 3.01. The van der Waals surface area contributed by atoms with Crippen LogP contribution in [-0.4, -0.2) is 60.4 Å². The molecule has 2 heterocycles. The van der Waals surface area contributed by atoms with E-state index >= 15 is 0 Å². The minimum absolute atomic E-state index is 0.105. The van der Waals surface area contributed by atoms with Crippen molar-refractivity contribution in [1.29, 1.82) is 0 Å². The Morgan fingerprint density at radius 2 is 1.96 bits per heavy atom. The fourth-order valence-electron chi connectivity index (χ4n) is 3.06. The molecule has 0 saturated carbocycles. The van der Waals surface area contributed by atoms with Gasteiger partial charge in [0.15, 0.2) is 0 Å². The van der Waals surface area contributed by atoms with Crippen molar-refractivity contribution in [2.45, 2.75) is 25.7 Å². The van der Waals surface area contributed by atoms with Gasteiger partial charge in [-0.25, -0.2) is 4.79 Å². The molecule has 1 aliphatic rings.